The van der Waals surface area contributed by atoms with Crippen LogP contribution >= 0.6 is 0 Å². The first-order valence-electron chi connectivity index (χ1n) is 7.57. The second-order valence-corrected chi connectivity index (χ2v) is 5.87. The van der Waals surface area contributed by atoms with Gasteiger partial charge in [0.05, 0.1) is 18.8 Å². The predicted octanol–water partition coefficient (Wildman–Crippen LogP) is 2.20. The third kappa shape index (κ3) is 3.26. The van der Waals surface area contributed by atoms with Crippen molar-refractivity contribution in [2.75, 3.05) is 25.1 Å². The Bertz CT molecular complexity index is 506. The van der Waals surface area contributed by atoms with Gasteiger partial charge in [-0.2, -0.15) is 0 Å². The summed E-state index contributed by atoms with van der Waals surface area (Å²) in [7, 11) is 0. The van der Waals surface area contributed by atoms with Gasteiger partial charge in [0, 0.05) is 11.3 Å². The van der Waals surface area contributed by atoms with E-state index in [0.717, 1.165) is 37.1 Å². The van der Waals surface area contributed by atoms with E-state index in [1.165, 1.54) is 0 Å². The van der Waals surface area contributed by atoms with Crippen molar-refractivity contribution >= 4 is 11.6 Å². The van der Waals surface area contributed by atoms with Gasteiger partial charge < -0.3 is 20.1 Å². The van der Waals surface area contributed by atoms with Crippen LogP contribution in [0.15, 0.2) is 24.3 Å². The van der Waals surface area contributed by atoms with E-state index in [0.29, 0.717) is 13.2 Å². The van der Waals surface area contributed by atoms with Gasteiger partial charge in [-0.1, -0.05) is 12.1 Å². The molecule has 2 fully saturated rings. The second kappa shape index (κ2) is 6.13. The lowest BCUT2D eigenvalue weighted by Crippen LogP contribution is -2.54. The van der Waals surface area contributed by atoms with Gasteiger partial charge in [-0.25, -0.2) is 0 Å². The summed E-state index contributed by atoms with van der Waals surface area (Å²) in [5, 5.41) is 6.33. The molecule has 2 aliphatic heterocycles. The van der Waals surface area contributed by atoms with E-state index in [-0.39, 0.29) is 12.2 Å². The number of benzene rings is 1. The van der Waals surface area contributed by atoms with Gasteiger partial charge in [0.1, 0.15) is 0 Å². The van der Waals surface area contributed by atoms with Crippen LogP contribution in [0.3, 0.4) is 0 Å². The van der Waals surface area contributed by atoms with E-state index < -0.39 is 5.54 Å². The molecule has 21 heavy (non-hydrogen) atoms. The molecule has 1 unspecified atom stereocenters. The normalized spacial score (nSPS) is 26.7. The minimum absolute atomic E-state index is 0.0209. The van der Waals surface area contributed by atoms with Crippen molar-refractivity contribution in [2.45, 2.75) is 38.0 Å². The van der Waals surface area contributed by atoms with Gasteiger partial charge in [-0.05, 0) is 44.9 Å². The minimum atomic E-state index is -0.478. The Balaban J connectivity index is 1.69. The van der Waals surface area contributed by atoms with E-state index in [2.05, 4.69) is 10.6 Å². The summed E-state index contributed by atoms with van der Waals surface area (Å²) in [6.07, 6.45) is 2.77. The standard InChI is InChI=1S/C16H22N2O3/c1-16(7-2-3-8-17-16)15(19)18-13-6-4-5-12(11-13)14-20-9-10-21-14/h4-6,11,14,17H,2-3,7-10H2,1H3,(H,18,19). The van der Waals surface area contributed by atoms with Crippen molar-refractivity contribution in [2.24, 2.45) is 0 Å². The van der Waals surface area contributed by atoms with Crippen molar-refractivity contribution in [1.29, 1.82) is 0 Å². The van der Waals surface area contributed by atoms with Gasteiger partial charge >= 0.3 is 0 Å². The largest absolute Gasteiger partial charge is 0.346 e. The maximum absolute atomic E-state index is 12.5. The Morgan fingerprint density at radius 1 is 1.33 bits per heavy atom. The zero-order valence-corrected chi connectivity index (χ0v) is 12.4. The Morgan fingerprint density at radius 3 is 2.86 bits per heavy atom. The zero-order chi connectivity index (χ0) is 14.7. The average molecular weight is 290 g/mol. The summed E-state index contributed by atoms with van der Waals surface area (Å²) in [5.41, 5.74) is 1.24. The molecule has 2 aliphatic rings. The highest BCUT2D eigenvalue weighted by Gasteiger charge is 2.34. The third-order valence-corrected chi connectivity index (χ3v) is 4.16. The fourth-order valence-electron chi connectivity index (χ4n) is 2.83. The lowest BCUT2D eigenvalue weighted by Gasteiger charge is -2.33. The first kappa shape index (κ1) is 14.5. The topological polar surface area (TPSA) is 59.6 Å². The van der Waals surface area contributed by atoms with Crippen molar-refractivity contribution in [3.8, 4) is 0 Å². The van der Waals surface area contributed by atoms with Crippen LogP contribution in [0.5, 0.6) is 0 Å². The first-order valence-corrected chi connectivity index (χ1v) is 7.57. The summed E-state index contributed by atoms with van der Waals surface area (Å²) in [4.78, 5) is 12.5. The van der Waals surface area contributed by atoms with Crippen LogP contribution < -0.4 is 10.6 Å². The molecule has 1 amide bonds. The Hall–Kier alpha value is -1.43. The van der Waals surface area contributed by atoms with Crippen molar-refractivity contribution in [3.63, 3.8) is 0 Å². The van der Waals surface area contributed by atoms with Crippen LogP contribution in [-0.2, 0) is 14.3 Å². The van der Waals surface area contributed by atoms with E-state index in [1.54, 1.807) is 0 Å². The zero-order valence-electron chi connectivity index (χ0n) is 12.4. The highest BCUT2D eigenvalue weighted by Crippen LogP contribution is 2.26. The molecule has 2 heterocycles. The Morgan fingerprint density at radius 2 is 2.14 bits per heavy atom. The SMILES string of the molecule is CC1(C(=O)Nc2cccc(C3OCCO3)c2)CCCCN1. The highest BCUT2D eigenvalue weighted by atomic mass is 16.7. The number of piperidine rings is 1. The molecule has 1 aromatic rings. The summed E-state index contributed by atoms with van der Waals surface area (Å²) < 4.78 is 11.0. The molecule has 114 valence electrons. The van der Waals surface area contributed by atoms with Gasteiger partial charge in [0.2, 0.25) is 5.91 Å². The lowest BCUT2D eigenvalue weighted by atomic mass is 9.90. The van der Waals surface area contributed by atoms with E-state index in [9.17, 15) is 4.79 Å². The first-order chi connectivity index (χ1) is 10.2. The number of anilines is 1. The summed E-state index contributed by atoms with van der Waals surface area (Å²) in [5.74, 6) is 0.0209. The van der Waals surface area contributed by atoms with Crippen molar-refractivity contribution < 1.29 is 14.3 Å². The fourth-order valence-corrected chi connectivity index (χ4v) is 2.83. The Labute approximate surface area is 125 Å². The molecule has 2 saturated heterocycles. The fraction of sp³-hybridized carbons (Fsp3) is 0.562. The number of carbonyl (C=O) groups excluding carboxylic acids is 1. The van der Waals surface area contributed by atoms with Crippen LogP contribution in [0, 0.1) is 0 Å². The molecule has 2 N–H and O–H groups in total. The number of nitrogens with one attached hydrogen (secondary N) is 2. The molecule has 0 saturated carbocycles. The molecular formula is C16H22N2O3. The maximum atomic E-state index is 12.5. The van der Waals surface area contributed by atoms with Crippen LogP contribution in [0.2, 0.25) is 0 Å². The minimum Gasteiger partial charge on any atom is -0.346 e. The van der Waals surface area contributed by atoms with Crippen molar-refractivity contribution in [3.05, 3.63) is 29.8 Å². The number of carbonyl (C=O) groups is 1. The molecule has 0 radical (unpaired) electrons. The number of amides is 1. The monoisotopic (exact) mass is 290 g/mol. The molecule has 1 aromatic carbocycles. The van der Waals surface area contributed by atoms with Crippen LogP contribution in [0.25, 0.3) is 0 Å². The van der Waals surface area contributed by atoms with Gasteiger partial charge in [0.15, 0.2) is 6.29 Å². The highest BCUT2D eigenvalue weighted by molar-refractivity contribution is 5.97. The molecular weight excluding hydrogens is 268 g/mol. The maximum Gasteiger partial charge on any atom is 0.244 e. The summed E-state index contributed by atoms with van der Waals surface area (Å²) in [6.45, 7) is 4.09. The molecule has 3 rings (SSSR count). The van der Waals surface area contributed by atoms with E-state index in [1.807, 2.05) is 31.2 Å². The molecule has 1 atom stereocenters. The molecule has 5 heteroatoms. The number of hydrogen-bond donors (Lipinski definition) is 2. The number of rotatable bonds is 3. The van der Waals surface area contributed by atoms with E-state index >= 15 is 0 Å². The van der Waals surface area contributed by atoms with Gasteiger partial charge in [-0.15, -0.1) is 0 Å². The van der Waals surface area contributed by atoms with Crippen LogP contribution in [0.1, 0.15) is 38.0 Å². The summed E-state index contributed by atoms with van der Waals surface area (Å²) >= 11 is 0. The van der Waals surface area contributed by atoms with Gasteiger partial charge in [0.25, 0.3) is 0 Å². The predicted molar refractivity (Wildman–Crippen MR) is 80.0 cm³/mol. The number of hydrogen-bond acceptors (Lipinski definition) is 4. The lowest BCUT2D eigenvalue weighted by molar-refractivity contribution is -0.122. The van der Waals surface area contributed by atoms with Crippen molar-refractivity contribution in [1.82, 2.24) is 5.32 Å². The number of ether oxygens (including phenoxy) is 2. The van der Waals surface area contributed by atoms with Crippen LogP contribution in [-0.4, -0.2) is 31.2 Å². The molecule has 5 nitrogen and oxygen atoms in total. The second-order valence-electron chi connectivity index (χ2n) is 5.87. The molecule has 0 bridgehead atoms. The Kier molecular flexibility index (Phi) is 4.24. The van der Waals surface area contributed by atoms with E-state index in [4.69, 9.17) is 9.47 Å². The average Bonchev–Trinajstić information content (AvgIpc) is 3.02. The third-order valence-electron chi connectivity index (χ3n) is 4.16. The molecule has 0 spiro atoms. The summed E-state index contributed by atoms with van der Waals surface area (Å²) in [6, 6.07) is 7.67. The molecule has 0 aliphatic carbocycles. The quantitative estimate of drug-likeness (QED) is 0.896. The van der Waals surface area contributed by atoms with Gasteiger partial charge in [-0.3, -0.25) is 4.79 Å². The molecule has 0 aromatic heterocycles. The van der Waals surface area contributed by atoms with Crippen LogP contribution in [0.4, 0.5) is 5.69 Å². The smallest absolute Gasteiger partial charge is 0.244 e.